The number of hydrogen-bond acceptors (Lipinski definition) is 5. The maximum Gasteiger partial charge on any atom is 0.263 e. The summed E-state index contributed by atoms with van der Waals surface area (Å²) in [5.41, 5.74) is 8.39. The van der Waals surface area contributed by atoms with Crippen LogP contribution in [-0.2, 0) is 0 Å². The minimum Gasteiger partial charge on any atom is -0.397 e. The quantitative estimate of drug-likeness (QED) is 0.850. The summed E-state index contributed by atoms with van der Waals surface area (Å²) < 4.78 is 0. The zero-order valence-electron chi connectivity index (χ0n) is 12.4. The molecule has 1 atom stereocenters. The van der Waals surface area contributed by atoms with Gasteiger partial charge in [0, 0.05) is 17.8 Å². The van der Waals surface area contributed by atoms with Crippen LogP contribution >= 0.6 is 11.3 Å². The van der Waals surface area contributed by atoms with E-state index in [0.29, 0.717) is 21.8 Å². The molecule has 1 unspecified atom stereocenters. The lowest BCUT2D eigenvalue weighted by Crippen LogP contribution is -2.33. The number of nitrogens with one attached hydrogen (secondary N) is 1. The van der Waals surface area contributed by atoms with Crippen LogP contribution in [-0.4, -0.2) is 22.1 Å². The lowest BCUT2D eigenvalue weighted by atomic mass is 10.1. The molecule has 0 saturated heterocycles. The molecule has 0 aliphatic rings. The first kappa shape index (κ1) is 15.3. The van der Waals surface area contributed by atoms with Crippen molar-refractivity contribution in [1.82, 2.24) is 15.5 Å². The summed E-state index contributed by atoms with van der Waals surface area (Å²) in [5, 5.41) is 11.9. The zero-order chi connectivity index (χ0) is 15.6. The number of terminal acetylenes is 1. The fourth-order valence-electron chi connectivity index (χ4n) is 2.10. The third kappa shape index (κ3) is 2.83. The zero-order valence-corrected chi connectivity index (χ0v) is 13.2. The van der Waals surface area contributed by atoms with Gasteiger partial charge in [-0.2, -0.15) is 5.10 Å². The lowest BCUT2D eigenvalue weighted by Gasteiger charge is -2.13. The Kier molecular flexibility index (Phi) is 4.43. The first-order valence-corrected chi connectivity index (χ1v) is 7.57. The number of carbonyl (C=O) groups excluding carboxylic acids is 1. The third-order valence-electron chi connectivity index (χ3n) is 3.53. The van der Waals surface area contributed by atoms with E-state index in [-0.39, 0.29) is 11.9 Å². The summed E-state index contributed by atoms with van der Waals surface area (Å²) in [6.07, 6.45) is 6.59. The number of nitrogen functional groups attached to an aromatic ring is 1. The van der Waals surface area contributed by atoms with Gasteiger partial charge in [-0.05, 0) is 25.8 Å². The van der Waals surface area contributed by atoms with Gasteiger partial charge in [-0.3, -0.25) is 4.79 Å². The van der Waals surface area contributed by atoms with Gasteiger partial charge >= 0.3 is 0 Å². The van der Waals surface area contributed by atoms with Crippen LogP contribution in [0.25, 0.3) is 10.2 Å². The SMILES string of the molecule is C#CCC(CC)NC(=O)c1sc2nnc(C)c(C)c2c1N. The van der Waals surface area contributed by atoms with E-state index < -0.39 is 0 Å². The molecule has 0 fully saturated rings. The maximum absolute atomic E-state index is 12.4. The number of thiophene rings is 1. The molecule has 6 heteroatoms. The summed E-state index contributed by atoms with van der Waals surface area (Å²) in [7, 11) is 0. The van der Waals surface area contributed by atoms with Crippen molar-refractivity contribution in [3.8, 4) is 12.3 Å². The molecule has 0 aliphatic carbocycles. The van der Waals surface area contributed by atoms with Gasteiger partial charge in [0.15, 0.2) is 0 Å². The monoisotopic (exact) mass is 302 g/mol. The highest BCUT2D eigenvalue weighted by Gasteiger charge is 2.21. The van der Waals surface area contributed by atoms with Gasteiger partial charge < -0.3 is 11.1 Å². The van der Waals surface area contributed by atoms with Crippen LogP contribution < -0.4 is 11.1 Å². The van der Waals surface area contributed by atoms with Crippen molar-refractivity contribution >= 4 is 33.1 Å². The van der Waals surface area contributed by atoms with Gasteiger partial charge in [0.2, 0.25) is 0 Å². The second-order valence-electron chi connectivity index (χ2n) is 4.92. The van der Waals surface area contributed by atoms with Crippen molar-refractivity contribution in [2.75, 3.05) is 5.73 Å². The lowest BCUT2D eigenvalue weighted by molar-refractivity contribution is 0.0941. The third-order valence-corrected chi connectivity index (χ3v) is 4.62. The fraction of sp³-hybridized carbons (Fsp3) is 0.400. The molecule has 3 N–H and O–H groups in total. The van der Waals surface area contributed by atoms with Crippen molar-refractivity contribution in [2.45, 2.75) is 39.7 Å². The molecule has 0 aromatic carbocycles. The van der Waals surface area contributed by atoms with Crippen LogP contribution in [0.4, 0.5) is 5.69 Å². The molecule has 2 aromatic rings. The predicted octanol–water partition coefficient (Wildman–Crippen LogP) is 2.42. The van der Waals surface area contributed by atoms with Gasteiger partial charge in [0.1, 0.15) is 9.71 Å². The Labute approximate surface area is 127 Å². The number of aryl methyl sites for hydroxylation is 2. The van der Waals surface area contributed by atoms with Crippen molar-refractivity contribution in [1.29, 1.82) is 0 Å². The van der Waals surface area contributed by atoms with Crippen molar-refractivity contribution in [2.24, 2.45) is 0 Å². The van der Waals surface area contributed by atoms with E-state index in [9.17, 15) is 4.79 Å². The van der Waals surface area contributed by atoms with E-state index in [1.165, 1.54) is 11.3 Å². The first-order chi connectivity index (χ1) is 9.99. The number of fused-ring (bicyclic) bond motifs is 1. The minimum absolute atomic E-state index is 0.0407. The molecule has 0 spiro atoms. The number of amides is 1. The van der Waals surface area contributed by atoms with Crippen molar-refractivity contribution in [3.05, 3.63) is 16.1 Å². The number of nitrogens with zero attached hydrogens (tertiary/aromatic N) is 2. The molecule has 0 radical (unpaired) electrons. The predicted molar refractivity (Wildman–Crippen MR) is 86.3 cm³/mol. The van der Waals surface area contributed by atoms with E-state index in [4.69, 9.17) is 12.2 Å². The number of carbonyl (C=O) groups is 1. The highest BCUT2D eigenvalue weighted by molar-refractivity contribution is 7.21. The average Bonchev–Trinajstić information content (AvgIpc) is 2.80. The van der Waals surface area contributed by atoms with Crippen LogP contribution in [0, 0.1) is 26.2 Å². The Hall–Kier alpha value is -2.13. The van der Waals surface area contributed by atoms with Crippen LogP contribution in [0.3, 0.4) is 0 Å². The summed E-state index contributed by atoms with van der Waals surface area (Å²) in [6.45, 7) is 5.79. The Bertz CT molecular complexity index is 729. The Morgan fingerprint density at radius 3 is 2.81 bits per heavy atom. The van der Waals surface area contributed by atoms with Crippen LogP contribution in [0.1, 0.15) is 40.7 Å². The first-order valence-electron chi connectivity index (χ1n) is 6.75. The largest absolute Gasteiger partial charge is 0.397 e. The van der Waals surface area contributed by atoms with Gasteiger partial charge in [-0.25, -0.2) is 0 Å². The maximum atomic E-state index is 12.4. The van der Waals surface area contributed by atoms with Crippen LogP contribution in [0.2, 0.25) is 0 Å². The highest BCUT2D eigenvalue weighted by atomic mass is 32.1. The van der Waals surface area contributed by atoms with Gasteiger partial charge in [0.25, 0.3) is 5.91 Å². The van der Waals surface area contributed by atoms with Gasteiger partial charge in [0.05, 0.1) is 11.4 Å². The average molecular weight is 302 g/mol. The fourth-order valence-corrected chi connectivity index (χ4v) is 3.10. The Morgan fingerprint density at radius 2 is 2.19 bits per heavy atom. The van der Waals surface area contributed by atoms with Crippen LogP contribution in [0.15, 0.2) is 0 Å². The number of rotatable bonds is 4. The summed E-state index contributed by atoms with van der Waals surface area (Å²) >= 11 is 1.26. The summed E-state index contributed by atoms with van der Waals surface area (Å²) in [6, 6.07) is -0.0407. The van der Waals surface area contributed by atoms with Crippen molar-refractivity contribution < 1.29 is 4.79 Å². The van der Waals surface area contributed by atoms with Crippen molar-refractivity contribution in [3.63, 3.8) is 0 Å². The molecule has 2 rings (SSSR count). The summed E-state index contributed by atoms with van der Waals surface area (Å²) in [4.78, 5) is 13.5. The topological polar surface area (TPSA) is 80.9 Å². The molecule has 110 valence electrons. The summed E-state index contributed by atoms with van der Waals surface area (Å²) in [5.74, 6) is 2.37. The Morgan fingerprint density at radius 1 is 1.48 bits per heavy atom. The van der Waals surface area contributed by atoms with E-state index in [1.807, 2.05) is 20.8 Å². The van der Waals surface area contributed by atoms with Gasteiger partial charge in [-0.1, -0.05) is 6.92 Å². The molecule has 21 heavy (non-hydrogen) atoms. The second-order valence-corrected chi connectivity index (χ2v) is 5.92. The molecule has 2 heterocycles. The Balaban J connectivity index is 2.39. The molecule has 0 bridgehead atoms. The number of nitrogens with two attached hydrogens (primary N) is 1. The normalized spacial score (nSPS) is 12.1. The molecule has 2 aromatic heterocycles. The standard InChI is InChI=1S/C15H18N4OS/c1-5-7-10(6-2)17-14(20)13-12(16)11-8(3)9(4)18-19-15(11)21-13/h1,10H,6-7,16H2,2-4H3,(H,17,20). The van der Waals surface area contributed by atoms with E-state index in [2.05, 4.69) is 21.4 Å². The molecule has 5 nitrogen and oxygen atoms in total. The van der Waals surface area contributed by atoms with Crippen LogP contribution in [0.5, 0.6) is 0 Å². The number of hydrogen-bond donors (Lipinski definition) is 2. The smallest absolute Gasteiger partial charge is 0.263 e. The highest BCUT2D eigenvalue weighted by Crippen LogP contribution is 2.34. The van der Waals surface area contributed by atoms with E-state index in [0.717, 1.165) is 23.1 Å². The number of anilines is 1. The van der Waals surface area contributed by atoms with Gasteiger partial charge in [-0.15, -0.1) is 28.8 Å². The molecule has 0 aliphatic heterocycles. The molecular weight excluding hydrogens is 284 g/mol. The van der Waals surface area contributed by atoms with E-state index >= 15 is 0 Å². The second kappa shape index (κ2) is 6.10. The molecule has 1 amide bonds. The minimum atomic E-state index is -0.199. The number of aromatic nitrogens is 2. The molecule has 0 saturated carbocycles. The van der Waals surface area contributed by atoms with E-state index in [1.54, 1.807) is 0 Å². The molecular formula is C15H18N4OS.